The van der Waals surface area contributed by atoms with Crippen LogP contribution in [0.4, 0.5) is 4.79 Å². The number of amides is 4. The number of nitrogens with one attached hydrogen (secondary N) is 4. The topological polar surface area (TPSA) is 185 Å². The summed E-state index contributed by atoms with van der Waals surface area (Å²) >= 11 is 1.24. The average molecular weight is 606 g/mol. The van der Waals surface area contributed by atoms with E-state index in [0.717, 1.165) is 24.0 Å². The molecule has 1 heterocycles. The maximum Gasteiger partial charge on any atom is 0.407 e. The summed E-state index contributed by atoms with van der Waals surface area (Å²) in [6.07, 6.45) is 2.20. The van der Waals surface area contributed by atoms with Crippen molar-refractivity contribution in [1.82, 2.24) is 26.3 Å². The number of hydrogen-bond donors (Lipinski definition) is 5. The summed E-state index contributed by atoms with van der Waals surface area (Å²) in [5, 5.41) is 21.8. The zero-order chi connectivity index (χ0) is 31.1. The van der Waals surface area contributed by atoms with Crippen LogP contribution in [0.2, 0.25) is 0 Å². The van der Waals surface area contributed by atoms with Gasteiger partial charge in [0.05, 0.1) is 13.7 Å². The summed E-state index contributed by atoms with van der Waals surface area (Å²) < 4.78 is 9.61. The quantitative estimate of drug-likeness (QED) is 0.149. The number of aromatic nitrogens is 1. The Kier molecular flexibility index (Phi) is 13.9. The van der Waals surface area contributed by atoms with Crippen LogP contribution in [0.15, 0.2) is 29.6 Å². The summed E-state index contributed by atoms with van der Waals surface area (Å²) in [7, 11) is 1.17. The van der Waals surface area contributed by atoms with Crippen molar-refractivity contribution in [1.29, 1.82) is 0 Å². The number of aliphatic hydroxyl groups excluding tert-OH is 1. The highest BCUT2D eigenvalue weighted by molar-refractivity contribution is 7.13. The number of unbranched alkanes of at least 4 members (excludes halogenated alkanes) is 2. The summed E-state index contributed by atoms with van der Waals surface area (Å²) in [5.74, 6) is -2.11. The maximum absolute atomic E-state index is 12.5. The van der Waals surface area contributed by atoms with Crippen molar-refractivity contribution in [2.45, 2.75) is 64.6 Å². The zero-order valence-electron chi connectivity index (χ0n) is 24.3. The Morgan fingerprint density at radius 1 is 1.00 bits per heavy atom. The van der Waals surface area contributed by atoms with Gasteiger partial charge in [0.25, 0.3) is 5.91 Å². The van der Waals surface area contributed by atoms with Crippen molar-refractivity contribution in [2.24, 2.45) is 0 Å². The Balaban J connectivity index is 1.74. The van der Waals surface area contributed by atoms with E-state index >= 15 is 0 Å². The van der Waals surface area contributed by atoms with Gasteiger partial charge in [0.15, 0.2) is 0 Å². The fourth-order valence-electron chi connectivity index (χ4n) is 3.44. The molecule has 0 aliphatic heterocycles. The molecule has 0 spiro atoms. The molecule has 0 radical (unpaired) electrons. The lowest BCUT2D eigenvalue weighted by Crippen LogP contribution is -2.50. The van der Waals surface area contributed by atoms with Gasteiger partial charge < -0.3 is 35.8 Å². The van der Waals surface area contributed by atoms with E-state index in [4.69, 9.17) is 4.74 Å². The number of alkyl carbamates (subject to hydrolysis) is 1. The first-order valence-corrected chi connectivity index (χ1v) is 14.3. The van der Waals surface area contributed by atoms with Gasteiger partial charge in [-0.2, -0.15) is 0 Å². The summed E-state index contributed by atoms with van der Waals surface area (Å²) in [5.41, 5.74) is 1.20. The molecule has 5 N–H and O–H groups in total. The largest absolute Gasteiger partial charge is 0.468 e. The number of esters is 1. The Hall–Kier alpha value is -4.04. The third kappa shape index (κ3) is 12.6. The molecule has 230 valence electrons. The minimum Gasteiger partial charge on any atom is -0.468 e. The fraction of sp³-hybridized carbons (Fsp3) is 0.500. The summed E-state index contributed by atoms with van der Waals surface area (Å²) in [6, 6.07) is 6.11. The van der Waals surface area contributed by atoms with Crippen LogP contribution in [0.25, 0.3) is 10.6 Å². The highest BCUT2D eigenvalue weighted by Gasteiger charge is 2.23. The van der Waals surface area contributed by atoms with Gasteiger partial charge in [0.1, 0.15) is 28.9 Å². The third-order valence-corrected chi connectivity index (χ3v) is 6.51. The number of carbonyl (C=O) groups is 5. The number of methoxy groups -OCH3 is 1. The van der Waals surface area contributed by atoms with Gasteiger partial charge in [-0.15, -0.1) is 11.3 Å². The SMILES string of the molecule is COC(=O)CNC(=O)C(CO)NC(=O)c1csc(-c2ccc(CNC(=O)CCCCCNC(=O)OC(C)(C)C)cc2)n1. The molecule has 0 saturated heterocycles. The number of hydrogen-bond acceptors (Lipinski definition) is 10. The number of aliphatic hydroxyl groups is 1. The Bertz CT molecular complexity index is 1210. The van der Waals surface area contributed by atoms with Crippen LogP contribution in [0.1, 0.15) is 62.5 Å². The Morgan fingerprint density at radius 3 is 2.36 bits per heavy atom. The molecule has 1 aromatic heterocycles. The normalized spacial score (nSPS) is 11.6. The van der Waals surface area contributed by atoms with Gasteiger partial charge in [-0.25, -0.2) is 9.78 Å². The average Bonchev–Trinajstić information content (AvgIpc) is 3.45. The van der Waals surface area contributed by atoms with Gasteiger partial charge in [0.2, 0.25) is 11.8 Å². The van der Waals surface area contributed by atoms with Crippen LogP contribution >= 0.6 is 11.3 Å². The van der Waals surface area contributed by atoms with Crippen LogP contribution in [0.5, 0.6) is 0 Å². The van der Waals surface area contributed by atoms with E-state index in [9.17, 15) is 29.1 Å². The van der Waals surface area contributed by atoms with Crippen LogP contribution in [0.3, 0.4) is 0 Å². The number of benzene rings is 1. The molecule has 0 aliphatic rings. The molecular weight excluding hydrogens is 566 g/mol. The van der Waals surface area contributed by atoms with E-state index in [1.54, 1.807) is 20.8 Å². The van der Waals surface area contributed by atoms with Gasteiger partial charge >= 0.3 is 12.1 Å². The first-order valence-electron chi connectivity index (χ1n) is 13.5. The summed E-state index contributed by atoms with van der Waals surface area (Å²) in [4.78, 5) is 63.9. The van der Waals surface area contributed by atoms with E-state index in [2.05, 4.69) is 31.0 Å². The van der Waals surface area contributed by atoms with Crippen molar-refractivity contribution < 1.29 is 38.6 Å². The first kappa shape index (κ1) is 34.2. The van der Waals surface area contributed by atoms with Crippen molar-refractivity contribution >= 4 is 41.1 Å². The molecule has 0 aliphatic carbocycles. The van der Waals surface area contributed by atoms with Crippen LogP contribution in [0, 0.1) is 0 Å². The van der Waals surface area contributed by atoms with Gasteiger partial charge in [-0.05, 0) is 39.2 Å². The predicted octanol–water partition coefficient (Wildman–Crippen LogP) is 1.89. The van der Waals surface area contributed by atoms with E-state index in [-0.39, 0.29) is 11.6 Å². The molecule has 14 heteroatoms. The van der Waals surface area contributed by atoms with Gasteiger partial charge in [0, 0.05) is 30.5 Å². The molecule has 42 heavy (non-hydrogen) atoms. The second-order valence-electron chi connectivity index (χ2n) is 10.3. The van der Waals surface area contributed by atoms with E-state index in [0.29, 0.717) is 30.9 Å². The number of rotatable bonds is 15. The minimum absolute atomic E-state index is 0.0603. The van der Waals surface area contributed by atoms with E-state index < -0.39 is 48.7 Å². The molecule has 0 fully saturated rings. The highest BCUT2D eigenvalue weighted by Crippen LogP contribution is 2.24. The molecule has 0 saturated carbocycles. The molecule has 2 aromatic rings. The first-order chi connectivity index (χ1) is 19.9. The number of thiazole rings is 1. The van der Waals surface area contributed by atoms with Crippen LogP contribution in [-0.4, -0.2) is 78.3 Å². The Morgan fingerprint density at radius 2 is 1.71 bits per heavy atom. The molecule has 13 nitrogen and oxygen atoms in total. The zero-order valence-corrected chi connectivity index (χ0v) is 25.1. The molecule has 2 rings (SSSR count). The van der Waals surface area contributed by atoms with E-state index in [1.807, 2.05) is 24.3 Å². The van der Waals surface area contributed by atoms with Crippen molar-refractivity contribution in [3.05, 3.63) is 40.9 Å². The smallest absolute Gasteiger partial charge is 0.407 e. The number of nitrogens with zero attached hydrogens (tertiary/aromatic N) is 1. The second kappa shape index (κ2) is 17.0. The Labute approximate surface area is 248 Å². The second-order valence-corrected chi connectivity index (χ2v) is 11.1. The minimum atomic E-state index is -1.26. The van der Waals surface area contributed by atoms with Gasteiger partial charge in [-0.1, -0.05) is 30.7 Å². The lowest BCUT2D eigenvalue weighted by Gasteiger charge is -2.19. The van der Waals surface area contributed by atoms with Crippen molar-refractivity contribution in [2.75, 3.05) is 26.8 Å². The van der Waals surface area contributed by atoms with E-state index in [1.165, 1.54) is 23.8 Å². The van der Waals surface area contributed by atoms with Gasteiger partial charge in [-0.3, -0.25) is 19.2 Å². The summed E-state index contributed by atoms with van der Waals surface area (Å²) in [6.45, 7) is 5.22. The lowest BCUT2D eigenvalue weighted by molar-refractivity contribution is -0.141. The molecule has 0 bridgehead atoms. The number of carbonyl (C=O) groups excluding carboxylic acids is 5. The standard InChI is InChI=1S/C28H39N5O8S/c1-28(2,3)41-27(39)29-13-7-5-6-8-22(35)30-14-18-9-11-19(12-10-18)26-33-21(17-42-26)25(38)32-20(16-34)24(37)31-15-23(36)40-4/h9-12,17,20,34H,5-8,13-16H2,1-4H3,(H,29,39)(H,30,35)(H,31,37)(H,32,38). The fourth-order valence-corrected chi connectivity index (χ4v) is 4.24. The van der Waals surface area contributed by atoms with Crippen LogP contribution in [-0.2, 0) is 30.4 Å². The van der Waals surface area contributed by atoms with Crippen molar-refractivity contribution in [3.63, 3.8) is 0 Å². The third-order valence-electron chi connectivity index (χ3n) is 5.62. The monoisotopic (exact) mass is 605 g/mol. The molecule has 1 atom stereocenters. The van der Waals surface area contributed by atoms with Crippen LogP contribution < -0.4 is 21.3 Å². The predicted molar refractivity (Wildman–Crippen MR) is 155 cm³/mol. The molecule has 4 amide bonds. The number of ether oxygens (including phenoxy) is 2. The lowest BCUT2D eigenvalue weighted by atomic mass is 10.1. The molecule has 1 unspecified atom stereocenters. The molecular formula is C28H39N5O8S. The maximum atomic E-state index is 12.5. The van der Waals surface area contributed by atoms with Crippen molar-refractivity contribution in [3.8, 4) is 10.6 Å². The molecule has 1 aromatic carbocycles. The highest BCUT2D eigenvalue weighted by atomic mass is 32.1.